The number of hydrogen-bond donors (Lipinski definition) is 1. The van der Waals surface area contributed by atoms with Gasteiger partial charge < -0.3 is 14.4 Å². The summed E-state index contributed by atoms with van der Waals surface area (Å²) < 4.78 is 14.1. The van der Waals surface area contributed by atoms with Gasteiger partial charge in [0.15, 0.2) is 0 Å². The zero-order chi connectivity index (χ0) is 19.1. The Morgan fingerprint density at radius 2 is 1.72 bits per heavy atom. The van der Waals surface area contributed by atoms with E-state index in [-0.39, 0.29) is 11.8 Å². The van der Waals surface area contributed by atoms with Gasteiger partial charge in [-0.2, -0.15) is 5.26 Å². The van der Waals surface area contributed by atoms with E-state index in [0.29, 0.717) is 38.3 Å². The van der Waals surface area contributed by atoms with Crippen LogP contribution in [0.5, 0.6) is 0 Å². The molecule has 0 rings (SSSR count). The fourth-order valence-electron chi connectivity index (χ4n) is 2.31. The summed E-state index contributed by atoms with van der Waals surface area (Å²) in [6.45, 7) is 10.2. The standard InChI is InChI=1S/C17H33ClN3O3P/c1-15(2)21(16(3)4)25(24-13-9-10-19)23-12-8-6-5-7-11-20-17(22)14-18/h15-16H,5-9,11-14H2,1-4H3,(H,20,22). The highest BCUT2D eigenvalue weighted by atomic mass is 35.5. The molecule has 0 aliphatic heterocycles. The largest absolute Gasteiger partial charge is 0.355 e. The molecule has 0 saturated carbocycles. The van der Waals surface area contributed by atoms with Gasteiger partial charge in [0.1, 0.15) is 5.88 Å². The van der Waals surface area contributed by atoms with Crippen LogP contribution in [0.25, 0.3) is 0 Å². The van der Waals surface area contributed by atoms with Crippen molar-refractivity contribution in [2.75, 3.05) is 25.6 Å². The molecule has 0 heterocycles. The zero-order valence-electron chi connectivity index (χ0n) is 16.0. The highest BCUT2D eigenvalue weighted by Gasteiger charge is 2.26. The molecule has 0 spiro atoms. The first kappa shape index (κ1) is 24.6. The van der Waals surface area contributed by atoms with Crippen LogP contribution in [0.4, 0.5) is 0 Å². The van der Waals surface area contributed by atoms with Gasteiger partial charge in [0.05, 0.1) is 25.7 Å². The average Bonchev–Trinajstić information content (AvgIpc) is 2.56. The molecule has 1 N–H and O–H groups in total. The fraction of sp³-hybridized carbons (Fsp3) is 0.882. The highest BCUT2D eigenvalue weighted by Crippen LogP contribution is 2.46. The van der Waals surface area contributed by atoms with Gasteiger partial charge in [-0.1, -0.05) is 12.8 Å². The zero-order valence-corrected chi connectivity index (χ0v) is 17.6. The Kier molecular flexibility index (Phi) is 15.5. The number of amides is 1. The summed E-state index contributed by atoms with van der Waals surface area (Å²) in [5, 5.41) is 11.5. The summed E-state index contributed by atoms with van der Waals surface area (Å²) in [6.07, 6.45) is 4.35. The molecule has 1 amide bonds. The minimum Gasteiger partial charge on any atom is -0.355 e. The van der Waals surface area contributed by atoms with E-state index in [0.717, 1.165) is 25.7 Å². The predicted molar refractivity (Wildman–Crippen MR) is 103 cm³/mol. The SMILES string of the molecule is CC(C)N(C(C)C)P(OCCC#N)OCCCCCCNC(=O)CCl. The van der Waals surface area contributed by atoms with Gasteiger partial charge in [-0.05, 0) is 40.5 Å². The second kappa shape index (κ2) is 15.8. The summed E-state index contributed by atoms with van der Waals surface area (Å²) in [5.41, 5.74) is 0. The maximum atomic E-state index is 11.0. The normalized spacial score (nSPS) is 12.6. The Morgan fingerprint density at radius 1 is 1.12 bits per heavy atom. The lowest BCUT2D eigenvalue weighted by molar-refractivity contribution is -0.118. The molecule has 1 unspecified atom stereocenters. The Labute approximate surface area is 159 Å². The summed E-state index contributed by atoms with van der Waals surface area (Å²) in [5.74, 6) is -0.0987. The summed E-state index contributed by atoms with van der Waals surface area (Å²) in [6, 6.07) is 2.74. The smallest absolute Gasteiger partial charge is 0.259 e. The van der Waals surface area contributed by atoms with Crippen LogP contribution in [-0.4, -0.2) is 48.3 Å². The molecule has 0 saturated heterocycles. The monoisotopic (exact) mass is 393 g/mol. The van der Waals surface area contributed by atoms with Crippen molar-refractivity contribution >= 4 is 26.0 Å². The number of carbonyl (C=O) groups is 1. The van der Waals surface area contributed by atoms with Crippen molar-refractivity contribution in [2.45, 2.75) is 71.9 Å². The molecule has 0 aliphatic rings. The number of halogens is 1. The van der Waals surface area contributed by atoms with Crippen molar-refractivity contribution in [3.63, 3.8) is 0 Å². The number of rotatable bonds is 15. The van der Waals surface area contributed by atoms with Gasteiger partial charge in [-0.3, -0.25) is 4.79 Å². The highest BCUT2D eigenvalue weighted by molar-refractivity contribution is 7.44. The van der Waals surface area contributed by atoms with Crippen LogP contribution in [0.2, 0.25) is 0 Å². The molecular formula is C17H33ClN3O3P. The van der Waals surface area contributed by atoms with Gasteiger partial charge in [-0.25, -0.2) is 4.67 Å². The Hall–Kier alpha value is -0.440. The number of nitrogens with zero attached hydrogens (tertiary/aromatic N) is 2. The van der Waals surface area contributed by atoms with Gasteiger partial charge in [0.2, 0.25) is 5.91 Å². The van der Waals surface area contributed by atoms with Crippen molar-refractivity contribution in [1.82, 2.24) is 9.99 Å². The number of hydrogen-bond acceptors (Lipinski definition) is 5. The average molecular weight is 394 g/mol. The van der Waals surface area contributed by atoms with Crippen LogP contribution >= 0.6 is 20.1 Å². The third-order valence-electron chi connectivity index (χ3n) is 3.38. The van der Waals surface area contributed by atoms with E-state index in [1.165, 1.54) is 0 Å². The van der Waals surface area contributed by atoms with Crippen molar-refractivity contribution in [3.05, 3.63) is 0 Å². The molecule has 1 atom stereocenters. The first-order chi connectivity index (χ1) is 11.9. The third kappa shape index (κ3) is 12.5. The van der Waals surface area contributed by atoms with Gasteiger partial charge in [0.25, 0.3) is 8.53 Å². The summed E-state index contributed by atoms with van der Waals surface area (Å²) >= 11 is 5.42. The number of carbonyl (C=O) groups excluding carboxylic acids is 1. The quantitative estimate of drug-likeness (QED) is 0.256. The summed E-state index contributed by atoms with van der Waals surface area (Å²) in [4.78, 5) is 11.0. The van der Waals surface area contributed by atoms with E-state index in [2.05, 4.69) is 43.8 Å². The number of nitrogens with one attached hydrogen (secondary N) is 1. The third-order valence-corrected chi connectivity index (χ3v) is 5.73. The molecule has 0 aliphatic carbocycles. The second-order valence-electron chi connectivity index (χ2n) is 6.28. The Balaban J connectivity index is 4.09. The van der Waals surface area contributed by atoms with E-state index in [9.17, 15) is 4.79 Å². The minimum atomic E-state index is -1.14. The van der Waals surface area contributed by atoms with Crippen molar-refractivity contribution in [1.29, 1.82) is 5.26 Å². The maximum Gasteiger partial charge on any atom is 0.259 e. The number of alkyl halides is 1. The molecule has 0 radical (unpaired) electrons. The molecule has 8 heteroatoms. The van der Waals surface area contributed by atoms with E-state index in [1.807, 2.05) is 0 Å². The molecular weight excluding hydrogens is 361 g/mol. The van der Waals surface area contributed by atoms with E-state index >= 15 is 0 Å². The molecule has 0 aromatic carbocycles. The first-order valence-corrected chi connectivity index (χ1v) is 10.6. The summed E-state index contributed by atoms with van der Waals surface area (Å²) in [7, 11) is -1.14. The Morgan fingerprint density at radius 3 is 2.28 bits per heavy atom. The van der Waals surface area contributed by atoms with Gasteiger partial charge >= 0.3 is 0 Å². The van der Waals surface area contributed by atoms with Crippen LogP contribution in [0, 0.1) is 11.3 Å². The van der Waals surface area contributed by atoms with E-state index in [4.69, 9.17) is 25.9 Å². The van der Waals surface area contributed by atoms with Crippen molar-refractivity contribution in [3.8, 4) is 6.07 Å². The molecule has 146 valence electrons. The molecule has 0 aromatic heterocycles. The second-order valence-corrected chi connectivity index (χ2v) is 8.00. The number of unbranched alkanes of at least 4 members (excludes halogenated alkanes) is 3. The molecule has 0 bridgehead atoms. The minimum absolute atomic E-state index is 0.0192. The predicted octanol–water partition coefficient (Wildman–Crippen LogP) is 4.19. The molecule has 0 aromatic rings. The van der Waals surface area contributed by atoms with Crippen LogP contribution in [0.1, 0.15) is 59.8 Å². The molecule has 6 nitrogen and oxygen atoms in total. The van der Waals surface area contributed by atoms with Crippen LogP contribution < -0.4 is 5.32 Å². The van der Waals surface area contributed by atoms with Crippen molar-refractivity contribution in [2.24, 2.45) is 0 Å². The first-order valence-electron chi connectivity index (χ1n) is 8.97. The Bertz CT molecular complexity index is 384. The van der Waals surface area contributed by atoms with Crippen LogP contribution in [0.3, 0.4) is 0 Å². The topological polar surface area (TPSA) is 74.6 Å². The lowest BCUT2D eigenvalue weighted by Gasteiger charge is -2.35. The lowest BCUT2D eigenvalue weighted by Crippen LogP contribution is -2.33. The number of nitriles is 1. The van der Waals surface area contributed by atoms with Crippen molar-refractivity contribution < 1.29 is 13.8 Å². The van der Waals surface area contributed by atoms with E-state index in [1.54, 1.807) is 0 Å². The van der Waals surface area contributed by atoms with Gasteiger partial charge in [-0.15, -0.1) is 11.6 Å². The fourth-order valence-corrected chi connectivity index (χ4v) is 4.03. The van der Waals surface area contributed by atoms with Crippen LogP contribution in [0.15, 0.2) is 0 Å². The van der Waals surface area contributed by atoms with Gasteiger partial charge in [0, 0.05) is 18.6 Å². The van der Waals surface area contributed by atoms with E-state index < -0.39 is 8.53 Å². The molecule has 0 fully saturated rings. The lowest BCUT2D eigenvalue weighted by atomic mass is 10.2. The van der Waals surface area contributed by atoms with Crippen LogP contribution in [-0.2, 0) is 13.8 Å². The maximum absolute atomic E-state index is 11.0. The molecule has 25 heavy (non-hydrogen) atoms.